The van der Waals surface area contributed by atoms with Crippen molar-refractivity contribution in [3.8, 4) is 22.3 Å². The first kappa shape index (κ1) is 26.3. The van der Waals surface area contributed by atoms with Crippen LogP contribution in [0.25, 0.3) is 34.4 Å². The molecule has 0 heterocycles. The topological polar surface area (TPSA) is 0 Å². The van der Waals surface area contributed by atoms with E-state index in [2.05, 4.69) is 123 Å². The van der Waals surface area contributed by atoms with Gasteiger partial charge in [0.1, 0.15) is 0 Å². The van der Waals surface area contributed by atoms with Crippen LogP contribution in [0.3, 0.4) is 0 Å². The molecule has 0 aliphatic heterocycles. The van der Waals surface area contributed by atoms with Gasteiger partial charge in [-0.15, -0.1) is 0 Å². The van der Waals surface area contributed by atoms with Crippen LogP contribution in [0, 0.1) is 0 Å². The van der Waals surface area contributed by atoms with Crippen LogP contribution in [0.4, 0.5) is 0 Å². The third-order valence-electron chi connectivity index (χ3n) is 7.50. The summed E-state index contributed by atoms with van der Waals surface area (Å²) in [5.41, 5.74) is 12.7. The molecular formula is C32H29Cl2InZr. The Bertz CT molecular complexity index is 1380. The Morgan fingerprint density at radius 2 is 0.917 bits per heavy atom. The molecule has 4 aromatic rings. The number of benzene rings is 4. The molecular weight excluding hydrogens is 661 g/mol. The molecule has 0 amide bonds. The van der Waals surface area contributed by atoms with Gasteiger partial charge in [-0.05, 0) is 0 Å². The van der Waals surface area contributed by atoms with Gasteiger partial charge in [-0.25, -0.2) is 0 Å². The van der Waals surface area contributed by atoms with Crippen molar-refractivity contribution in [1.82, 2.24) is 0 Å². The standard InChI is InChI=1S/2C16H13.2ClH.In.Zr.3H/c2*1-12-10-14-8-5-9-15(16(14)11-12)13-6-3-2-4-7-13;;;;;;;/h2*2-11H,1H3;2*1H;;;;;/q;;;;;+2;;;/p-2. The van der Waals surface area contributed by atoms with E-state index in [0.717, 1.165) is 0 Å². The summed E-state index contributed by atoms with van der Waals surface area (Å²) in [6.45, 7) is 4.43. The SMILES string of the molecule is CC1=Cc2c(-c3ccccc3)cccc2[CH]1[Zr]([Cl])([Cl])[CH]1C(C)=Cc2c(-c3ccccc3)cccc21.[InH3]. The van der Waals surface area contributed by atoms with Gasteiger partial charge in [0.15, 0.2) is 0 Å². The Morgan fingerprint density at radius 3 is 1.31 bits per heavy atom. The van der Waals surface area contributed by atoms with Gasteiger partial charge in [0.25, 0.3) is 0 Å². The summed E-state index contributed by atoms with van der Waals surface area (Å²) in [5, 5.41) is 0. The summed E-state index contributed by atoms with van der Waals surface area (Å²) in [7, 11) is 15.4. The molecule has 2 unspecified atom stereocenters. The molecule has 0 saturated heterocycles. The first-order chi connectivity index (χ1) is 17.0. The molecule has 4 heteroatoms. The molecule has 0 radical (unpaired) electrons. The summed E-state index contributed by atoms with van der Waals surface area (Å²) < 4.78 is 0.233. The number of rotatable bonds is 4. The van der Waals surface area contributed by atoms with E-state index in [-0.39, 0.29) is 33.1 Å². The van der Waals surface area contributed by atoms with E-state index in [1.165, 1.54) is 55.7 Å². The number of fused-ring (bicyclic) bond motifs is 2. The van der Waals surface area contributed by atoms with Crippen LogP contribution in [-0.4, -0.2) is 25.8 Å². The van der Waals surface area contributed by atoms with Crippen molar-refractivity contribution < 1.29 is 17.9 Å². The average molecular weight is 691 g/mol. The number of allylic oxidation sites excluding steroid dienone is 2. The van der Waals surface area contributed by atoms with Crippen LogP contribution in [0.15, 0.2) is 108 Å². The third kappa shape index (κ3) is 4.37. The molecule has 2 aliphatic carbocycles. The zero-order valence-electron chi connectivity index (χ0n) is 19.8. The second-order valence-corrected chi connectivity index (χ2v) is 24.4. The summed E-state index contributed by atoms with van der Waals surface area (Å²) in [5.74, 6) is 0. The Morgan fingerprint density at radius 1 is 0.528 bits per heavy atom. The van der Waals surface area contributed by atoms with Crippen LogP contribution in [0.2, 0.25) is 0 Å². The van der Waals surface area contributed by atoms with Crippen LogP contribution >= 0.6 is 17.0 Å². The van der Waals surface area contributed by atoms with E-state index >= 15 is 0 Å². The van der Waals surface area contributed by atoms with Crippen molar-refractivity contribution in [2.75, 3.05) is 0 Å². The molecule has 2 aliphatic rings. The van der Waals surface area contributed by atoms with E-state index in [4.69, 9.17) is 17.0 Å². The molecule has 0 fully saturated rings. The Balaban J connectivity index is 0.00000267. The number of hydrogen-bond donors (Lipinski definition) is 0. The third-order valence-corrected chi connectivity index (χ3v) is 20.2. The Kier molecular flexibility index (Phi) is 7.64. The zero-order valence-corrected chi connectivity index (χ0v) is 23.8. The summed E-state index contributed by atoms with van der Waals surface area (Å²) in [6.07, 6.45) is 4.65. The van der Waals surface area contributed by atoms with Gasteiger partial charge in [0.05, 0.1) is 0 Å². The van der Waals surface area contributed by atoms with Gasteiger partial charge < -0.3 is 0 Å². The molecule has 6 rings (SSSR count). The first-order valence-corrected chi connectivity index (χ1v) is 21.2. The van der Waals surface area contributed by atoms with Crippen LogP contribution in [0.1, 0.15) is 43.4 Å². The van der Waals surface area contributed by atoms with Gasteiger partial charge in [0, 0.05) is 0 Å². The minimum atomic E-state index is -3.87. The molecule has 0 N–H and O–H groups in total. The molecule has 0 bridgehead atoms. The Hall–Kier alpha value is -1.31. The summed E-state index contributed by atoms with van der Waals surface area (Å²) >= 11 is -3.87. The average Bonchev–Trinajstić information content (AvgIpc) is 3.41. The molecule has 0 nitrogen and oxygen atoms in total. The van der Waals surface area contributed by atoms with Crippen molar-refractivity contribution in [2.45, 2.75) is 21.1 Å². The molecule has 4 aromatic carbocycles. The van der Waals surface area contributed by atoms with Crippen LogP contribution in [0.5, 0.6) is 0 Å². The van der Waals surface area contributed by atoms with E-state index in [1.807, 2.05) is 0 Å². The van der Waals surface area contributed by atoms with Crippen LogP contribution in [-0.2, 0) is 17.9 Å². The second-order valence-electron chi connectivity index (χ2n) is 9.67. The van der Waals surface area contributed by atoms with Crippen molar-refractivity contribution >= 4 is 55.0 Å². The van der Waals surface area contributed by atoms with E-state index in [9.17, 15) is 0 Å². The predicted molar refractivity (Wildman–Crippen MR) is 158 cm³/mol. The fourth-order valence-corrected chi connectivity index (χ4v) is 20.4. The normalized spacial score (nSPS) is 18.1. The monoisotopic (exact) mass is 688 g/mol. The molecule has 36 heavy (non-hydrogen) atoms. The minimum absolute atomic E-state index is 0. The first-order valence-electron chi connectivity index (χ1n) is 12.1. The van der Waals surface area contributed by atoms with Crippen molar-refractivity contribution in [2.24, 2.45) is 0 Å². The quantitative estimate of drug-likeness (QED) is 0.201. The van der Waals surface area contributed by atoms with Crippen molar-refractivity contribution in [3.63, 3.8) is 0 Å². The maximum absolute atomic E-state index is 7.68. The fourth-order valence-electron chi connectivity index (χ4n) is 6.03. The maximum atomic E-state index is 7.68. The van der Waals surface area contributed by atoms with Crippen LogP contribution < -0.4 is 0 Å². The Labute approximate surface area is 244 Å². The van der Waals surface area contributed by atoms with Gasteiger partial charge in [-0.1, -0.05) is 0 Å². The molecule has 178 valence electrons. The van der Waals surface area contributed by atoms with E-state index in [0.29, 0.717) is 0 Å². The predicted octanol–water partition coefficient (Wildman–Crippen LogP) is 8.91. The van der Waals surface area contributed by atoms with E-state index in [1.54, 1.807) is 0 Å². The van der Waals surface area contributed by atoms with Gasteiger partial charge >= 0.3 is 247 Å². The number of halogens is 2. The molecule has 0 saturated carbocycles. The van der Waals surface area contributed by atoms with Gasteiger partial charge in [-0.3, -0.25) is 0 Å². The van der Waals surface area contributed by atoms with Gasteiger partial charge in [-0.2, -0.15) is 0 Å². The number of hydrogen-bond acceptors (Lipinski definition) is 0. The summed E-state index contributed by atoms with van der Waals surface area (Å²) in [4.78, 5) is 0. The molecule has 0 aromatic heterocycles. The van der Waals surface area contributed by atoms with E-state index < -0.39 is 17.9 Å². The molecule has 2 atom stereocenters. The summed E-state index contributed by atoms with van der Waals surface area (Å²) in [6, 6.07) is 34.4. The zero-order chi connectivity index (χ0) is 24.2. The fraction of sp³-hybridized carbons (Fsp3) is 0.125. The van der Waals surface area contributed by atoms with Gasteiger partial charge in [0.2, 0.25) is 0 Å². The van der Waals surface area contributed by atoms with Crippen molar-refractivity contribution in [3.05, 3.63) is 130 Å². The van der Waals surface area contributed by atoms with Crippen molar-refractivity contribution in [1.29, 1.82) is 0 Å². The molecule has 0 spiro atoms. The second kappa shape index (κ2) is 10.5.